The standard InChI is InChI=1S/C21H22Cl2F3N5O/c22-16-1-2-18(27-13-16)29-7-9-31(10-8-29)20(32)14-3-5-30(6-4-14)19-17(23)11-15(12-28-19)21(24,25)26/h1-2,11-14H,3-10H2. The molecule has 2 fully saturated rings. The number of piperidine rings is 1. The van der Waals surface area contributed by atoms with E-state index in [2.05, 4.69) is 14.9 Å². The van der Waals surface area contributed by atoms with Crippen LogP contribution < -0.4 is 9.80 Å². The van der Waals surface area contributed by atoms with E-state index in [1.807, 2.05) is 15.9 Å². The molecule has 0 radical (unpaired) electrons. The van der Waals surface area contributed by atoms with Crippen molar-refractivity contribution in [2.45, 2.75) is 19.0 Å². The predicted octanol–water partition coefficient (Wildman–Crippen LogP) is 4.37. The summed E-state index contributed by atoms with van der Waals surface area (Å²) in [6, 6.07) is 4.57. The molecule has 0 unspecified atom stereocenters. The molecule has 0 N–H and O–H groups in total. The first-order chi connectivity index (χ1) is 15.2. The Labute approximate surface area is 193 Å². The Bertz CT molecular complexity index is 957. The Morgan fingerprint density at radius 1 is 0.938 bits per heavy atom. The smallest absolute Gasteiger partial charge is 0.355 e. The van der Waals surface area contributed by atoms with Crippen molar-refractivity contribution >= 4 is 40.7 Å². The molecule has 0 spiro atoms. The third-order valence-electron chi connectivity index (χ3n) is 5.92. The molecule has 4 rings (SSSR count). The summed E-state index contributed by atoms with van der Waals surface area (Å²) in [6.45, 7) is 3.67. The summed E-state index contributed by atoms with van der Waals surface area (Å²) in [4.78, 5) is 27.1. The summed E-state index contributed by atoms with van der Waals surface area (Å²) < 4.78 is 38.5. The normalized spacial score (nSPS) is 18.2. The van der Waals surface area contributed by atoms with Crippen LogP contribution in [0, 0.1) is 5.92 Å². The molecule has 0 saturated carbocycles. The van der Waals surface area contributed by atoms with Crippen LogP contribution in [0.4, 0.5) is 24.8 Å². The first kappa shape index (κ1) is 22.9. The van der Waals surface area contributed by atoms with Crippen molar-refractivity contribution in [1.29, 1.82) is 0 Å². The van der Waals surface area contributed by atoms with Gasteiger partial charge >= 0.3 is 6.18 Å². The fourth-order valence-corrected chi connectivity index (χ4v) is 4.52. The molecule has 4 heterocycles. The Balaban J connectivity index is 1.30. The number of alkyl halides is 3. The van der Waals surface area contributed by atoms with Crippen LogP contribution in [0.15, 0.2) is 30.6 Å². The van der Waals surface area contributed by atoms with Crippen LogP contribution in [-0.4, -0.2) is 60.0 Å². The van der Waals surface area contributed by atoms with Gasteiger partial charge in [0.15, 0.2) is 0 Å². The second kappa shape index (κ2) is 9.31. The number of pyridine rings is 2. The lowest BCUT2D eigenvalue weighted by molar-refractivity contribution is -0.138. The largest absolute Gasteiger partial charge is 0.417 e. The number of hydrogen-bond donors (Lipinski definition) is 0. The topological polar surface area (TPSA) is 52.6 Å². The Morgan fingerprint density at radius 3 is 2.19 bits per heavy atom. The zero-order valence-electron chi connectivity index (χ0n) is 17.2. The highest BCUT2D eigenvalue weighted by Crippen LogP contribution is 2.35. The fourth-order valence-electron chi connectivity index (χ4n) is 4.13. The van der Waals surface area contributed by atoms with Crippen molar-refractivity contribution in [2.24, 2.45) is 5.92 Å². The second-order valence-electron chi connectivity index (χ2n) is 7.94. The lowest BCUT2D eigenvalue weighted by Gasteiger charge is -2.39. The van der Waals surface area contributed by atoms with Gasteiger partial charge in [0.1, 0.15) is 11.6 Å². The molecule has 2 aromatic rings. The van der Waals surface area contributed by atoms with E-state index in [1.54, 1.807) is 12.3 Å². The van der Waals surface area contributed by atoms with Gasteiger partial charge in [-0.3, -0.25) is 4.79 Å². The van der Waals surface area contributed by atoms with Crippen LogP contribution in [0.5, 0.6) is 0 Å². The van der Waals surface area contributed by atoms with Crippen molar-refractivity contribution in [3.63, 3.8) is 0 Å². The molecule has 0 atom stereocenters. The molecular weight excluding hydrogens is 466 g/mol. The van der Waals surface area contributed by atoms with E-state index >= 15 is 0 Å². The Hall–Kier alpha value is -2.26. The highest BCUT2D eigenvalue weighted by Gasteiger charge is 2.34. The van der Waals surface area contributed by atoms with Gasteiger partial charge in [0.2, 0.25) is 5.91 Å². The minimum Gasteiger partial charge on any atom is -0.355 e. The number of amides is 1. The van der Waals surface area contributed by atoms with Gasteiger partial charge in [-0.2, -0.15) is 13.2 Å². The van der Waals surface area contributed by atoms with Gasteiger partial charge in [0, 0.05) is 57.6 Å². The van der Waals surface area contributed by atoms with Gasteiger partial charge < -0.3 is 14.7 Å². The number of anilines is 2. The summed E-state index contributed by atoms with van der Waals surface area (Å²) >= 11 is 12.0. The Kier molecular flexibility index (Phi) is 6.67. The molecule has 2 aromatic heterocycles. The third kappa shape index (κ3) is 5.04. The number of halogens is 5. The van der Waals surface area contributed by atoms with E-state index in [9.17, 15) is 18.0 Å². The summed E-state index contributed by atoms with van der Waals surface area (Å²) in [5, 5.41) is 0.554. The summed E-state index contributed by atoms with van der Waals surface area (Å²) in [6.07, 6.45) is -0.858. The van der Waals surface area contributed by atoms with Gasteiger partial charge in [-0.25, -0.2) is 9.97 Å². The molecule has 0 aromatic carbocycles. The molecule has 6 nitrogen and oxygen atoms in total. The zero-order valence-corrected chi connectivity index (χ0v) is 18.7. The molecule has 32 heavy (non-hydrogen) atoms. The zero-order chi connectivity index (χ0) is 22.9. The van der Waals surface area contributed by atoms with Crippen molar-refractivity contribution in [3.8, 4) is 0 Å². The highest BCUT2D eigenvalue weighted by atomic mass is 35.5. The van der Waals surface area contributed by atoms with Crippen LogP contribution in [-0.2, 0) is 11.0 Å². The first-order valence-electron chi connectivity index (χ1n) is 10.4. The van der Waals surface area contributed by atoms with Crippen molar-refractivity contribution in [1.82, 2.24) is 14.9 Å². The minimum absolute atomic E-state index is 0.0310. The third-order valence-corrected chi connectivity index (χ3v) is 6.42. The number of hydrogen-bond acceptors (Lipinski definition) is 5. The van der Waals surface area contributed by atoms with E-state index in [0.717, 1.165) is 18.1 Å². The maximum atomic E-state index is 13.0. The number of piperazine rings is 1. The van der Waals surface area contributed by atoms with Crippen molar-refractivity contribution < 1.29 is 18.0 Å². The highest BCUT2D eigenvalue weighted by molar-refractivity contribution is 6.33. The number of aromatic nitrogens is 2. The van der Waals surface area contributed by atoms with Crippen molar-refractivity contribution in [3.05, 3.63) is 46.2 Å². The number of carbonyl (C=O) groups is 1. The predicted molar refractivity (Wildman–Crippen MR) is 117 cm³/mol. The average Bonchev–Trinajstić information content (AvgIpc) is 2.79. The number of rotatable bonds is 3. The molecule has 172 valence electrons. The Morgan fingerprint density at radius 2 is 1.62 bits per heavy atom. The van der Waals surface area contributed by atoms with Gasteiger partial charge in [0.05, 0.1) is 15.6 Å². The van der Waals surface area contributed by atoms with Crippen molar-refractivity contribution in [2.75, 3.05) is 49.1 Å². The molecule has 0 aliphatic carbocycles. The molecule has 2 saturated heterocycles. The fraction of sp³-hybridized carbons (Fsp3) is 0.476. The van der Waals surface area contributed by atoms with E-state index in [-0.39, 0.29) is 16.8 Å². The van der Waals surface area contributed by atoms with Gasteiger partial charge in [0.25, 0.3) is 0 Å². The quantitative estimate of drug-likeness (QED) is 0.643. The SMILES string of the molecule is O=C(C1CCN(c2ncc(C(F)(F)F)cc2Cl)CC1)N1CCN(c2ccc(Cl)cn2)CC1. The molecule has 11 heteroatoms. The van der Waals surface area contributed by atoms with Crippen LogP contribution >= 0.6 is 23.2 Å². The first-order valence-corrected chi connectivity index (χ1v) is 11.1. The van der Waals surface area contributed by atoms with Gasteiger partial charge in [-0.05, 0) is 31.0 Å². The van der Waals surface area contributed by atoms with Crippen LogP contribution in [0.25, 0.3) is 0 Å². The number of carbonyl (C=O) groups excluding carboxylic acids is 1. The number of nitrogens with zero attached hydrogens (tertiary/aromatic N) is 5. The summed E-state index contributed by atoms with van der Waals surface area (Å²) in [7, 11) is 0. The van der Waals surface area contributed by atoms with E-state index < -0.39 is 11.7 Å². The van der Waals surface area contributed by atoms with Crippen LogP contribution in [0.3, 0.4) is 0 Å². The molecular formula is C21H22Cl2F3N5O. The van der Waals surface area contributed by atoms with E-state index in [0.29, 0.717) is 63.0 Å². The lowest BCUT2D eigenvalue weighted by atomic mass is 9.95. The summed E-state index contributed by atoms with van der Waals surface area (Å²) in [5.41, 5.74) is -0.871. The maximum absolute atomic E-state index is 13.0. The molecule has 2 aliphatic heterocycles. The monoisotopic (exact) mass is 487 g/mol. The minimum atomic E-state index is -4.48. The van der Waals surface area contributed by atoms with Gasteiger partial charge in [-0.1, -0.05) is 23.2 Å². The van der Waals surface area contributed by atoms with Crippen LogP contribution in [0.2, 0.25) is 10.0 Å². The molecule has 2 aliphatic rings. The lowest BCUT2D eigenvalue weighted by Crippen LogP contribution is -2.52. The second-order valence-corrected chi connectivity index (χ2v) is 8.78. The molecule has 0 bridgehead atoms. The molecule has 1 amide bonds. The van der Waals surface area contributed by atoms with Crippen LogP contribution in [0.1, 0.15) is 18.4 Å². The van der Waals surface area contributed by atoms with E-state index in [4.69, 9.17) is 23.2 Å². The average molecular weight is 488 g/mol. The van der Waals surface area contributed by atoms with Gasteiger partial charge in [-0.15, -0.1) is 0 Å². The summed E-state index contributed by atoms with van der Waals surface area (Å²) in [5.74, 6) is 1.19. The van der Waals surface area contributed by atoms with E-state index in [1.165, 1.54) is 0 Å². The maximum Gasteiger partial charge on any atom is 0.417 e.